The number of ether oxygens (including phenoxy) is 2. The molecule has 20 heavy (non-hydrogen) atoms. The van der Waals surface area contributed by atoms with Crippen LogP contribution in [-0.4, -0.2) is 32.3 Å². The van der Waals surface area contributed by atoms with E-state index in [1.165, 1.54) is 0 Å². The summed E-state index contributed by atoms with van der Waals surface area (Å²) in [6, 6.07) is 5.26. The SMILES string of the molecule is CCOc1cccc(N)c1C(=O)NCC1CCCOC1. The van der Waals surface area contributed by atoms with Crippen molar-refractivity contribution in [3.63, 3.8) is 0 Å². The highest BCUT2D eigenvalue weighted by molar-refractivity contribution is 6.01. The van der Waals surface area contributed by atoms with Crippen LogP contribution in [0.1, 0.15) is 30.1 Å². The number of nitrogen functional groups attached to an aromatic ring is 1. The summed E-state index contributed by atoms with van der Waals surface area (Å²) in [5.74, 6) is 0.732. The van der Waals surface area contributed by atoms with Gasteiger partial charge in [-0.15, -0.1) is 0 Å². The number of benzene rings is 1. The average Bonchev–Trinajstić information content (AvgIpc) is 2.46. The lowest BCUT2D eigenvalue weighted by Gasteiger charge is -2.22. The molecule has 0 radical (unpaired) electrons. The Kier molecular flexibility index (Phi) is 5.24. The van der Waals surface area contributed by atoms with Gasteiger partial charge in [-0.05, 0) is 37.8 Å². The Morgan fingerprint density at radius 1 is 1.55 bits per heavy atom. The van der Waals surface area contributed by atoms with E-state index in [4.69, 9.17) is 15.2 Å². The fourth-order valence-electron chi connectivity index (χ4n) is 2.36. The fraction of sp³-hybridized carbons (Fsp3) is 0.533. The monoisotopic (exact) mass is 278 g/mol. The number of rotatable bonds is 5. The number of anilines is 1. The molecular formula is C15H22N2O3. The van der Waals surface area contributed by atoms with Gasteiger partial charge in [-0.25, -0.2) is 0 Å². The molecule has 1 aromatic carbocycles. The van der Waals surface area contributed by atoms with Crippen LogP contribution in [0.15, 0.2) is 18.2 Å². The second-order valence-electron chi connectivity index (χ2n) is 4.95. The third-order valence-electron chi connectivity index (χ3n) is 3.39. The highest BCUT2D eigenvalue weighted by atomic mass is 16.5. The van der Waals surface area contributed by atoms with Gasteiger partial charge in [0.25, 0.3) is 5.91 Å². The first-order valence-electron chi connectivity index (χ1n) is 7.09. The molecule has 3 N–H and O–H groups in total. The summed E-state index contributed by atoms with van der Waals surface area (Å²) in [6.07, 6.45) is 2.14. The van der Waals surface area contributed by atoms with E-state index in [9.17, 15) is 4.79 Å². The van der Waals surface area contributed by atoms with E-state index in [1.54, 1.807) is 18.2 Å². The molecule has 5 nitrogen and oxygen atoms in total. The van der Waals surface area contributed by atoms with Crippen LogP contribution in [0.25, 0.3) is 0 Å². The summed E-state index contributed by atoms with van der Waals surface area (Å²) < 4.78 is 10.9. The molecule has 5 heteroatoms. The van der Waals surface area contributed by atoms with E-state index in [0.717, 1.165) is 19.4 Å². The molecule has 0 saturated carbocycles. The molecule has 1 aliphatic heterocycles. The number of nitrogens with two attached hydrogens (primary N) is 1. The maximum absolute atomic E-state index is 12.3. The maximum Gasteiger partial charge on any atom is 0.257 e. The summed E-state index contributed by atoms with van der Waals surface area (Å²) in [7, 11) is 0. The Labute approximate surface area is 119 Å². The predicted molar refractivity (Wildman–Crippen MR) is 77.9 cm³/mol. The molecule has 1 amide bonds. The number of hydrogen-bond acceptors (Lipinski definition) is 4. The lowest BCUT2D eigenvalue weighted by molar-refractivity contribution is 0.0536. The zero-order valence-electron chi connectivity index (χ0n) is 11.9. The van der Waals surface area contributed by atoms with Gasteiger partial charge < -0.3 is 20.5 Å². The van der Waals surface area contributed by atoms with Crippen LogP contribution in [0.3, 0.4) is 0 Å². The molecule has 1 fully saturated rings. The molecule has 1 unspecified atom stereocenters. The Bertz CT molecular complexity index is 456. The Morgan fingerprint density at radius 2 is 2.40 bits per heavy atom. The van der Waals surface area contributed by atoms with Gasteiger partial charge >= 0.3 is 0 Å². The number of amides is 1. The average molecular weight is 278 g/mol. The van der Waals surface area contributed by atoms with Crippen molar-refractivity contribution < 1.29 is 14.3 Å². The van der Waals surface area contributed by atoms with E-state index in [-0.39, 0.29) is 5.91 Å². The van der Waals surface area contributed by atoms with Crippen LogP contribution in [0.2, 0.25) is 0 Å². The van der Waals surface area contributed by atoms with Crippen molar-refractivity contribution in [1.29, 1.82) is 0 Å². The lowest BCUT2D eigenvalue weighted by Crippen LogP contribution is -2.33. The Morgan fingerprint density at radius 3 is 3.10 bits per heavy atom. The van der Waals surface area contributed by atoms with Crippen molar-refractivity contribution in [2.24, 2.45) is 5.92 Å². The van der Waals surface area contributed by atoms with E-state index in [2.05, 4.69) is 5.32 Å². The molecular weight excluding hydrogens is 256 g/mol. The molecule has 1 aromatic rings. The second kappa shape index (κ2) is 7.14. The van der Waals surface area contributed by atoms with E-state index < -0.39 is 0 Å². The van der Waals surface area contributed by atoms with Crippen molar-refractivity contribution >= 4 is 11.6 Å². The molecule has 110 valence electrons. The van der Waals surface area contributed by atoms with Crippen LogP contribution in [0.5, 0.6) is 5.75 Å². The minimum atomic E-state index is -0.183. The molecule has 1 heterocycles. The standard InChI is InChI=1S/C15H22N2O3/c1-2-20-13-7-3-6-12(16)14(13)15(18)17-9-11-5-4-8-19-10-11/h3,6-7,11H,2,4-5,8-10,16H2,1H3,(H,17,18). The maximum atomic E-state index is 12.3. The molecule has 0 aliphatic carbocycles. The zero-order valence-corrected chi connectivity index (χ0v) is 11.9. The summed E-state index contributed by atoms with van der Waals surface area (Å²) in [6.45, 7) is 4.52. The van der Waals surface area contributed by atoms with Crippen LogP contribution in [0, 0.1) is 5.92 Å². The highest BCUT2D eigenvalue weighted by Crippen LogP contribution is 2.24. The predicted octanol–water partition coefficient (Wildman–Crippen LogP) is 1.82. The van der Waals surface area contributed by atoms with E-state index >= 15 is 0 Å². The van der Waals surface area contributed by atoms with Crippen LogP contribution in [-0.2, 0) is 4.74 Å². The van der Waals surface area contributed by atoms with Crippen LogP contribution >= 0.6 is 0 Å². The molecule has 0 bridgehead atoms. The summed E-state index contributed by atoms with van der Waals surface area (Å²) in [5, 5.41) is 2.93. The Hall–Kier alpha value is -1.75. The highest BCUT2D eigenvalue weighted by Gasteiger charge is 2.19. The number of hydrogen-bond donors (Lipinski definition) is 2. The fourth-order valence-corrected chi connectivity index (χ4v) is 2.36. The van der Waals surface area contributed by atoms with Gasteiger partial charge in [-0.2, -0.15) is 0 Å². The molecule has 0 aromatic heterocycles. The largest absolute Gasteiger partial charge is 0.493 e. The van der Waals surface area contributed by atoms with Gasteiger partial charge in [0.1, 0.15) is 11.3 Å². The van der Waals surface area contributed by atoms with Crippen molar-refractivity contribution in [1.82, 2.24) is 5.32 Å². The number of carbonyl (C=O) groups is 1. The lowest BCUT2D eigenvalue weighted by atomic mass is 10.0. The van der Waals surface area contributed by atoms with E-state index in [1.807, 2.05) is 6.92 Å². The second-order valence-corrected chi connectivity index (χ2v) is 4.95. The molecule has 1 aliphatic rings. The first kappa shape index (κ1) is 14.7. The van der Waals surface area contributed by atoms with Crippen molar-refractivity contribution in [3.05, 3.63) is 23.8 Å². The van der Waals surface area contributed by atoms with Crippen molar-refractivity contribution in [3.8, 4) is 5.75 Å². The normalized spacial score (nSPS) is 18.6. The quantitative estimate of drug-likeness (QED) is 0.806. The molecule has 1 atom stereocenters. The smallest absolute Gasteiger partial charge is 0.257 e. The minimum Gasteiger partial charge on any atom is -0.493 e. The molecule has 2 rings (SSSR count). The topological polar surface area (TPSA) is 73.6 Å². The van der Waals surface area contributed by atoms with Crippen LogP contribution < -0.4 is 15.8 Å². The van der Waals surface area contributed by atoms with E-state index in [0.29, 0.717) is 42.7 Å². The summed E-state index contributed by atoms with van der Waals surface area (Å²) >= 11 is 0. The van der Waals surface area contributed by atoms with Gasteiger partial charge in [-0.3, -0.25) is 4.79 Å². The summed E-state index contributed by atoms with van der Waals surface area (Å²) in [5.41, 5.74) is 6.76. The van der Waals surface area contributed by atoms with Crippen LogP contribution in [0.4, 0.5) is 5.69 Å². The minimum absolute atomic E-state index is 0.183. The molecule has 1 saturated heterocycles. The first-order valence-corrected chi connectivity index (χ1v) is 7.09. The van der Waals surface area contributed by atoms with Gasteiger partial charge in [-0.1, -0.05) is 6.07 Å². The Balaban J connectivity index is 2.00. The third-order valence-corrected chi connectivity index (χ3v) is 3.39. The van der Waals surface area contributed by atoms with Crippen molar-refractivity contribution in [2.75, 3.05) is 32.1 Å². The first-order chi connectivity index (χ1) is 9.72. The van der Waals surface area contributed by atoms with Gasteiger partial charge in [0.05, 0.1) is 13.2 Å². The van der Waals surface area contributed by atoms with Gasteiger partial charge in [0.15, 0.2) is 0 Å². The third kappa shape index (κ3) is 3.63. The zero-order chi connectivity index (χ0) is 14.4. The van der Waals surface area contributed by atoms with Gasteiger partial charge in [0, 0.05) is 18.8 Å². The number of carbonyl (C=O) groups excluding carboxylic acids is 1. The summed E-state index contributed by atoms with van der Waals surface area (Å²) in [4.78, 5) is 12.3. The molecule has 0 spiro atoms. The van der Waals surface area contributed by atoms with Gasteiger partial charge in [0.2, 0.25) is 0 Å². The van der Waals surface area contributed by atoms with Crippen molar-refractivity contribution in [2.45, 2.75) is 19.8 Å². The number of nitrogens with one attached hydrogen (secondary N) is 1.